The zero-order chi connectivity index (χ0) is 21.4. The Balaban J connectivity index is 1.76. The molecule has 152 valence electrons. The fourth-order valence-electron chi connectivity index (χ4n) is 3.27. The van der Waals surface area contributed by atoms with E-state index in [1.54, 1.807) is 17.5 Å². The Morgan fingerprint density at radius 2 is 1.70 bits per heavy atom. The normalized spacial score (nSPS) is 14.2. The van der Waals surface area contributed by atoms with Crippen LogP contribution in [0.5, 0.6) is 0 Å². The van der Waals surface area contributed by atoms with Gasteiger partial charge in [0.05, 0.1) is 11.3 Å². The lowest BCUT2D eigenvalue weighted by atomic mass is 10.0. The van der Waals surface area contributed by atoms with Crippen LogP contribution in [0.3, 0.4) is 0 Å². The van der Waals surface area contributed by atoms with Crippen LogP contribution in [0.4, 0.5) is 20.2 Å². The molecule has 4 nitrogen and oxygen atoms in total. The number of amides is 2. The number of halogens is 2. The Bertz CT molecular complexity index is 1150. The average Bonchev–Trinajstić information content (AvgIpc) is 3.30. The van der Waals surface area contributed by atoms with Gasteiger partial charge >= 0.3 is 0 Å². The summed E-state index contributed by atoms with van der Waals surface area (Å²) in [6.07, 6.45) is 0. The maximum atomic E-state index is 14.4. The first-order valence-corrected chi connectivity index (χ1v) is 10.2. The van der Waals surface area contributed by atoms with E-state index < -0.39 is 23.4 Å². The Morgan fingerprint density at radius 3 is 2.30 bits per heavy atom. The lowest BCUT2D eigenvalue weighted by Gasteiger charge is -2.16. The maximum Gasteiger partial charge on any atom is 0.282 e. The standard InChI is InChI=1S/C23H18F2N2O2S/c1-13(2)14-5-8-16(9-6-14)26-21-20(19-4-3-11-30-19)22(28)27(23(21)29)18-10-7-15(24)12-17(18)25/h3-13,26H,1-2H3. The van der Waals surface area contributed by atoms with Crippen molar-refractivity contribution < 1.29 is 18.4 Å². The van der Waals surface area contributed by atoms with Crippen LogP contribution in [0.1, 0.15) is 30.2 Å². The molecule has 30 heavy (non-hydrogen) atoms. The summed E-state index contributed by atoms with van der Waals surface area (Å²) in [7, 11) is 0. The fraction of sp³-hybridized carbons (Fsp3) is 0.130. The van der Waals surface area contributed by atoms with Crippen LogP contribution >= 0.6 is 11.3 Å². The second-order valence-electron chi connectivity index (χ2n) is 7.17. The SMILES string of the molecule is CC(C)c1ccc(NC2=C(c3cccs3)C(=O)N(c3ccc(F)cc3F)C2=O)cc1. The second-order valence-corrected chi connectivity index (χ2v) is 8.12. The van der Waals surface area contributed by atoms with Crippen molar-refractivity contribution in [2.24, 2.45) is 0 Å². The number of nitrogens with one attached hydrogen (secondary N) is 1. The molecule has 0 fully saturated rings. The van der Waals surface area contributed by atoms with Crippen molar-refractivity contribution in [3.63, 3.8) is 0 Å². The number of benzene rings is 2. The van der Waals surface area contributed by atoms with E-state index in [1.807, 2.05) is 24.3 Å². The molecule has 1 aliphatic rings. The summed E-state index contributed by atoms with van der Waals surface area (Å²) in [5.41, 5.74) is 1.70. The highest BCUT2D eigenvalue weighted by Gasteiger charge is 2.41. The van der Waals surface area contributed by atoms with Crippen molar-refractivity contribution in [2.45, 2.75) is 19.8 Å². The van der Waals surface area contributed by atoms with Crippen molar-refractivity contribution in [3.05, 3.63) is 87.7 Å². The van der Waals surface area contributed by atoms with Crippen LogP contribution in [0.15, 0.2) is 65.7 Å². The van der Waals surface area contributed by atoms with E-state index in [0.717, 1.165) is 22.6 Å². The van der Waals surface area contributed by atoms with Gasteiger partial charge in [0.2, 0.25) is 0 Å². The van der Waals surface area contributed by atoms with Crippen LogP contribution in [0.2, 0.25) is 0 Å². The number of imide groups is 1. The molecule has 0 aliphatic carbocycles. The lowest BCUT2D eigenvalue weighted by molar-refractivity contribution is -0.120. The minimum absolute atomic E-state index is 0.0588. The molecule has 1 N–H and O–H groups in total. The summed E-state index contributed by atoms with van der Waals surface area (Å²) in [4.78, 5) is 27.6. The Hall–Kier alpha value is -3.32. The number of carbonyl (C=O) groups is 2. The first-order valence-electron chi connectivity index (χ1n) is 9.35. The van der Waals surface area contributed by atoms with Gasteiger partial charge in [0.25, 0.3) is 11.8 Å². The summed E-state index contributed by atoms with van der Waals surface area (Å²) in [6.45, 7) is 4.16. The molecular weight excluding hydrogens is 406 g/mol. The molecule has 2 amide bonds. The number of hydrogen-bond acceptors (Lipinski definition) is 4. The van der Waals surface area contributed by atoms with Gasteiger partial charge in [-0.05, 0) is 47.2 Å². The van der Waals surface area contributed by atoms with Crippen molar-refractivity contribution in [1.82, 2.24) is 0 Å². The summed E-state index contributed by atoms with van der Waals surface area (Å²) < 4.78 is 27.7. The number of nitrogens with zero attached hydrogens (tertiary/aromatic N) is 1. The van der Waals surface area contributed by atoms with Gasteiger partial charge in [-0.3, -0.25) is 9.59 Å². The molecule has 0 spiro atoms. The molecule has 3 aromatic rings. The number of anilines is 2. The quantitative estimate of drug-likeness (QED) is 0.547. The average molecular weight is 424 g/mol. The number of rotatable bonds is 5. The topological polar surface area (TPSA) is 49.4 Å². The molecule has 2 aromatic carbocycles. The highest BCUT2D eigenvalue weighted by molar-refractivity contribution is 7.11. The lowest BCUT2D eigenvalue weighted by Crippen LogP contribution is -2.33. The smallest absolute Gasteiger partial charge is 0.282 e. The third-order valence-electron chi connectivity index (χ3n) is 4.85. The minimum Gasteiger partial charge on any atom is -0.350 e. The van der Waals surface area contributed by atoms with Crippen LogP contribution in [0, 0.1) is 11.6 Å². The van der Waals surface area contributed by atoms with E-state index in [0.29, 0.717) is 22.5 Å². The van der Waals surface area contributed by atoms with Gasteiger partial charge in [0.1, 0.15) is 17.3 Å². The van der Waals surface area contributed by atoms with Gasteiger partial charge in [-0.2, -0.15) is 0 Å². The zero-order valence-electron chi connectivity index (χ0n) is 16.3. The van der Waals surface area contributed by atoms with Gasteiger partial charge in [-0.25, -0.2) is 13.7 Å². The predicted octanol–water partition coefficient (Wildman–Crippen LogP) is 5.55. The van der Waals surface area contributed by atoms with Crippen molar-refractivity contribution in [2.75, 3.05) is 10.2 Å². The third-order valence-corrected chi connectivity index (χ3v) is 5.74. The van der Waals surface area contributed by atoms with Crippen molar-refractivity contribution >= 4 is 40.1 Å². The summed E-state index contributed by atoms with van der Waals surface area (Å²) in [6, 6.07) is 13.8. The fourth-order valence-corrected chi connectivity index (χ4v) is 4.04. The van der Waals surface area contributed by atoms with Gasteiger partial charge in [-0.1, -0.05) is 32.0 Å². The monoisotopic (exact) mass is 424 g/mol. The largest absolute Gasteiger partial charge is 0.350 e. The maximum absolute atomic E-state index is 14.4. The molecular formula is C23H18F2N2O2S. The second kappa shape index (κ2) is 7.84. The van der Waals surface area contributed by atoms with E-state index >= 15 is 0 Å². The van der Waals surface area contributed by atoms with E-state index in [1.165, 1.54) is 11.3 Å². The van der Waals surface area contributed by atoms with Crippen LogP contribution in [-0.2, 0) is 9.59 Å². The van der Waals surface area contributed by atoms with E-state index in [-0.39, 0.29) is 17.0 Å². The molecule has 4 rings (SSSR count). The van der Waals surface area contributed by atoms with Gasteiger partial charge in [0, 0.05) is 16.6 Å². The Labute approximate surface area is 176 Å². The Morgan fingerprint density at radius 1 is 0.967 bits per heavy atom. The summed E-state index contributed by atoms with van der Waals surface area (Å²) >= 11 is 1.30. The molecule has 1 aromatic heterocycles. The Kier molecular flexibility index (Phi) is 5.22. The van der Waals surface area contributed by atoms with E-state index in [9.17, 15) is 18.4 Å². The van der Waals surface area contributed by atoms with Crippen LogP contribution in [0.25, 0.3) is 5.57 Å². The molecule has 0 unspecified atom stereocenters. The van der Waals surface area contributed by atoms with Crippen LogP contribution in [-0.4, -0.2) is 11.8 Å². The van der Waals surface area contributed by atoms with E-state index in [4.69, 9.17) is 0 Å². The highest BCUT2D eigenvalue weighted by atomic mass is 32.1. The summed E-state index contributed by atoms with van der Waals surface area (Å²) in [5, 5.41) is 4.82. The van der Waals surface area contributed by atoms with Crippen molar-refractivity contribution in [1.29, 1.82) is 0 Å². The molecule has 7 heteroatoms. The highest BCUT2D eigenvalue weighted by Crippen LogP contribution is 2.36. The first kappa shape index (κ1) is 20.0. The molecule has 2 heterocycles. The molecule has 0 saturated heterocycles. The first-order chi connectivity index (χ1) is 14.4. The molecule has 1 aliphatic heterocycles. The summed E-state index contributed by atoms with van der Waals surface area (Å²) in [5.74, 6) is -2.77. The number of thiophene rings is 1. The van der Waals surface area contributed by atoms with Gasteiger partial charge < -0.3 is 5.32 Å². The third kappa shape index (κ3) is 3.52. The zero-order valence-corrected chi connectivity index (χ0v) is 17.1. The van der Waals surface area contributed by atoms with E-state index in [2.05, 4.69) is 19.2 Å². The van der Waals surface area contributed by atoms with Gasteiger partial charge in [-0.15, -0.1) is 11.3 Å². The van der Waals surface area contributed by atoms with Crippen molar-refractivity contribution in [3.8, 4) is 0 Å². The molecule has 0 atom stereocenters. The number of hydrogen-bond donors (Lipinski definition) is 1. The molecule has 0 bridgehead atoms. The number of carbonyl (C=O) groups excluding carboxylic acids is 2. The molecule has 0 saturated carbocycles. The minimum atomic E-state index is -0.982. The molecule has 0 radical (unpaired) electrons. The van der Waals surface area contributed by atoms with Gasteiger partial charge in [0.15, 0.2) is 0 Å². The predicted molar refractivity (Wildman–Crippen MR) is 114 cm³/mol. The van der Waals surface area contributed by atoms with Crippen LogP contribution < -0.4 is 10.2 Å².